The number of hydrogen-bond donors (Lipinski definition) is 0. The van der Waals surface area contributed by atoms with Crippen LogP contribution in [-0.4, -0.2) is 38.1 Å². The summed E-state index contributed by atoms with van der Waals surface area (Å²) in [7, 11) is 3.17. The van der Waals surface area contributed by atoms with Crippen LogP contribution in [-0.2, 0) is 20.4 Å². The lowest BCUT2D eigenvalue weighted by atomic mass is 10.2. The SMILES string of the molecule is COc1cccc(CN2CC(S(=O)(=O)Cl)CC2=O)c1. The molecule has 1 heterocycles. The van der Waals surface area contributed by atoms with E-state index in [-0.39, 0.29) is 18.9 Å². The molecule has 1 amide bonds. The van der Waals surface area contributed by atoms with E-state index in [1.54, 1.807) is 13.2 Å². The molecule has 7 heteroatoms. The van der Waals surface area contributed by atoms with Gasteiger partial charge >= 0.3 is 0 Å². The fourth-order valence-corrected chi connectivity index (χ4v) is 3.13. The Morgan fingerprint density at radius 1 is 1.47 bits per heavy atom. The van der Waals surface area contributed by atoms with Gasteiger partial charge in [0.15, 0.2) is 0 Å². The van der Waals surface area contributed by atoms with Crippen molar-refractivity contribution in [2.24, 2.45) is 0 Å². The van der Waals surface area contributed by atoms with Crippen molar-refractivity contribution in [2.45, 2.75) is 18.2 Å². The molecule has 1 atom stereocenters. The lowest BCUT2D eigenvalue weighted by molar-refractivity contribution is -0.128. The molecule has 1 aromatic carbocycles. The zero-order valence-corrected chi connectivity index (χ0v) is 11.9. The van der Waals surface area contributed by atoms with Gasteiger partial charge in [0, 0.05) is 30.2 Å². The molecule has 19 heavy (non-hydrogen) atoms. The molecule has 1 aliphatic rings. The number of ether oxygens (including phenoxy) is 1. The van der Waals surface area contributed by atoms with Gasteiger partial charge in [0.1, 0.15) is 11.0 Å². The second-order valence-corrected chi connectivity index (χ2v) is 7.34. The minimum Gasteiger partial charge on any atom is -0.497 e. The quantitative estimate of drug-likeness (QED) is 0.788. The van der Waals surface area contributed by atoms with Gasteiger partial charge in [-0.05, 0) is 17.7 Å². The highest BCUT2D eigenvalue weighted by Gasteiger charge is 2.37. The highest BCUT2D eigenvalue weighted by atomic mass is 35.7. The van der Waals surface area contributed by atoms with Crippen molar-refractivity contribution in [2.75, 3.05) is 13.7 Å². The molecule has 0 bridgehead atoms. The lowest BCUT2D eigenvalue weighted by Gasteiger charge is -2.16. The van der Waals surface area contributed by atoms with Crippen molar-refractivity contribution >= 4 is 25.6 Å². The van der Waals surface area contributed by atoms with Crippen LogP contribution in [0.25, 0.3) is 0 Å². The zero-order valence-electron chi connectivity index (χ0n) is 10.4. The first-order chi connectivity index (χ1) is 8.90. The summed E-state index contributed by atoms with van der Waals surface area (Å²) in [5, 5.41) is -0.813. The summed E-state index contributed by atoms with van der Waals surface area (Å²) in [5.41, 5.74) is 0.889. The van der Waals surface area contributed by atoms with Gasteiger partial charge in [0.05, 0.1) is 7.11 Å². The maximum atomic E-state index is 11.8. The Bertz CT molecular complexity index is 587. The Morgan fingerprint density at radius 2 is 2.21 bits per heavy atom. The summed E-state index contributed by atoms with van der Waals surface area (Å²) in [5.74, 6) is 0.503. The van der Waals surface area contributed by atoms with Crippen LogP contribution in [0.1, 0.15) is 12.0 Å². The van der Waals surface area contributed by atoms with E-state index in [1.165, 1.54) is 4.90 Å². The maximum Gasteiger partial charge on any atom is 0.237 e. The molecule has 0 saturated carbocycles. The number of carbonyl (C=O) groups is 1. The molecule has 1 aromatic rings. The molecule has 0 aromatic heterocycles. The van der Waals surface area contributed by atoms with Gasteiger partial charge < -0.3 is 9.64 Å². The molecule has 0 N–H and O–H groups in total. The third-order valence-electron chi connectivity index (χ3n) is 3.08. The van der Waals surface area contributed by atoms with Gasteiger partial charge in [-0.1, -0.05) is 12.1 Å². The Balaban J connectivity index is 2.09. The van der Waals surface area contributed by atoms with Crippen molar-refractivity contribution in [3.8, 4) is 5.75 Å². The number of methoxy groups -OCH3 is 1. The number of halogens is 1. The third-order valence-corrected chi connectivity index (χ3v) is 4.95. The highest BCUT2D eigenvalue weighted by Crippen LogP contribution is 2.23. The van der Waals surface area contributed by atoms with Gasteiger partial charge in [-0.25, -0.2) is 8.42 Å². The zero-order chi connectivity index (χ0) is 14.0. The van der Waals surface area contributed by atoms with Crippen LogP contribution in [0.5, 0.6) is 5.75 Å². The highest BCUT2D eigenvalue weighted by molar-refractivity contribution is 8.14. The Kier molecular flexibility index (Phi) is 4.01. The number of nitrogens with zero attached hydrogens (tertiary/aromatic N) is 1. The summed E-state index contributed by atoms with van der Waals surface area (Å²) in [4.78, 5) is 13.3. The summed E-state index contributed by atoms with van der Waals surface area (Å²) in [6.07, 6.45) is -0.0458. The first kappa shape index (κ1) is 14.1. The third kappa shape index (κ3) is 3.39. The van der Waals surface area contributed by atoms with Gasteiger partial charge in [0.2, 0.25) is 15.0 Å². The van der Waals surface area contributed by atoms with Crippen LogP contribution in [0.2, 0.25) is 0 Å². The summed E-state index contributed by atoms with van der Waals surface area (Å²) < 4.78 is 27.6. The second kappa shape index (κ2) is 5.38. The van der Waals surface area contributed by atoms with Gasteiger partial charge in [-0.15, -0.1) is 0 Å². The van der Waals surface area contributed by atoms with E-state index in [0.717, 1.165) is 5.56 Å². The average Bonchev–Trinajstić information content (AvgIpc) is 2.71. The normalized spacial score (nSPS) is 19.8. The molecule has 0 radical (unpaired) electrons. The minimum atomic E-state index is -3.69. The second-order valence-electron chi connectivity index (χ2n) is 4.43. The number of carbonyl (C=O) groups excluding carboxylic acids is 1. The number of rotatable bonds is 4. The van der Waals surface area contributed by atoms with Crippen molar-refractivity contribution in [3.63, 3.8) is 0 Å². The van der Waals surface area contributed by atoms with Crippen LogP contribution in [0, 0.1) is 0 Å². The topological polar surface area (TPSA) is 63.7 Å². The molecule has 5 nitrogen and oxygen atoms in total. The molecule has 1 aliphatic heterocycles. The first-order valence-electron chi connectivity index (χ1n) is 5.74. The molecule has 1 saturated heterocycles. The van der Waals surface area contributed by atoms with E-state index < -0.39 is 14.3 Å². The van der Waals surface area contributed by atoms with E-state index in [1.807, 2.05) is 18.2 Å². The summed E-state index contributed by atoms with van der Waals surface area (Å²) in [6, 6.07) is 7.31. The predicted molar refractivity (Wildman–Crippen MR) is 71.6 cm³/mol. The molecule has 104 valence electrons. The van der Waals surface area contributed by atoms with E-state index in [2.05, 4.69) is 0 Å². The van der Waals surface area contributed by atoms with E-state index in [4.69, 9.17) is 15.4 Å². The van der Waals surface area contributed by atoms with Crippen LogP contribution in [0.15, 0.2) is 24.3 Å². The molecule has 2 rings (SSSR count). The van der Waals surface area contributed by atoms with Crippen molar-refractivity contribution in [3.05, 3.63) is 29.8 Å². The lowest BCUT2D eigenvalue weighted by Crippen LogP contribution is -2.26. The summed E-state index contributed by atoms with van der Waals surface area (Å²) in [6.45, 7) is 0.501. The van der Waals surface area contributed by atoms with Crippen molar-refractivity contribution in [1.29, 1.82) is 0 Å². The fourth-order valence-electron chi connectivity index (χ4n) is 2.07. The van der Waals surface area contributed by atoms with Crippen molar-refractivity contribution < 1.29 is 17.9 Å². The average molecular weight is 304 g/mol. The number of amides is 1. The van der Waals surface area contributed by atoms with Crippen LogP contribution in [0.4, 0.5) is 0 Å². The maximum absolute atomic E-state index is 11.8. The molecular weight excluding hydrogens is 290 g/mol. The molecular formula is C12H14ClNO4S. The van der Waals surface area contributed by atoms with Crippen LogP contribution < -0.4 is 4.74 Å². The largest absolute Gasteiger partial charge is 0.497 e. The van der Waals surface area contributed by atoms with Gasteiger partial charge in [-0.2, -0.15) is 0 Å². The first-order valence-corrected chi connectivity index (χ1v) is 8.11. The van der Waals surface area contributed by atoms with Gasteiger partial charge in [-0.3, -0.25) is 4.79 Å². The predicted octanol–water partition coefficient (Wildman–Crippen LogP) is 1.36. The molecule has 0 aliphatic carbocycles. The Hall–Kier alpha value is -1.27. The van der Waals surface area contributed by atoms with Gasteiger partial charge in [0.25, 0.3) is 0 Å². The number of benzene rings is 1. The van der Waals surface area contributed by atoms with E-state index >= 15 is 0 Å². The molecule has 1 unspecified atom stereocenters. The standard InChI is InChI=1S/C12H14ClNO4S/c1-18-10-4-2-3-9(5-10)7-14-8-11(6-12(14)15)19(13,16)17/h2-5,11H,6-8H2,1H3. The smallest absolute Gasteiger partial charge is 0.237 e. The van der Waals surface area contributed by atoms with Crippen LogP contribution in [0.3, 0.4) is 0 Å². The minimum absolute atomic E-state index is 0.0458. The Morgan fingerprint density at radius 3 is 2.79 bits per heavy atom. The van der Waals surface area contributed by atoms with E-state index in [9.17, 15) is 13.2 Å². The monoisotopic (exact) mass is 303 g/mol. The summed E-state index contributed by atoms with van der Waals surface area (Å²) >= 11 is 0. The molecule has 1 fully saturated rings. The fraction of sp³-hybridized carbons (Fsp3) is 0.417. The van der Waals surface area contributed by atoms with Crippen LogP contribution >= 0.6 is 10.7 Å². The number of likely N-dealkylation sites (tertiary alicyclic amines) is 1. The Labute approximate surface area is 116 Å². The number of hydrogen-bond acceptors (Lipinski definition) is 4. The molecule has 0 spiro atoms. The van der Waals surface area contributed by atoms with E-state index in [0.29, 0.717) is 12.3 Å². The van der Waals surface area contributed by atoms with Crippen molar-refractivity contribution in [1.82, 2.24) is 4.90 Å².